The Labute approximate surface area is 117 Å². The molecule has 1 unspecified atom stereocenters. The third-order valence-electron chi connectivity index (χ3n) is 3.46. The third-order valence-corrected chi connectivity index (χ3v) is 3.46. The SMILES string of the molecule is CCCn1ccnc1CC(O)c1cnn2ccccc12. The van der Waals surface area contributed by atoms with Crippen molar-refractivity contribution >= 4 is 5.52 Å². The second kappa shape index (κ2) is 5.46. The molecule has 0 saturated heterocycles. The lowest BCUT2D eigenvalue weighted by atomic mass is 10.1. The van der Waals surface area contributed by atoms with Gasteiger partial charge < -0.3 is 9.67 Å². The summed E-state index contributed by atoms with van der Waals surface area (Å²) in [7, 11) is 0. The smallest absolute Gasteiger partial charge is 0.111 e. The summed E-state index contributed by atoms with van der Waals surface area (Å²) >= 11 is 0. The van der Waals surface area contributed by atoms with E-state index in [1.54, 1.807) is 16.9 Å². The van der Waals surface area contributed by atoms with Crippen molar-refractivity contribution in [1.29, 1.82) is 0 Å². The van der Waals surface area contributed by atoms with Crippen LogP contribution in [0.2, 0.25) is 0 Å². The third kappa shape index (κ3) is 2.32. The minimum atomic E-state index is -0.590. The van der Waals surface area contributed by atoms with Crippen LogP contribution in [0.1, 0.15) is 30.8 Å². The predicted molar refractivity (Wildman–Crippen MR) is 76.4 cm³/mol. The maximum Gasteiger partial charge on any atom is 0.111 e. The second-order valence-corrected chi connectivity index (χ2v) is 4.89. The van der Waals surface area contributed by atoms with Gasteiger partial charge in [-0.25, -0.2) is 9.50 Å². The molecule has 5 nitrogen and oxygen atoms in total. The van der Waals surface area contributed by atoms with Gasteiger partial charge in [0.15, 0.2) is 0 Å². The normalized spacial score (nSPS) is 12.9. The van der Waals surface area contributed by atoms with Crippen LogP contribution in [0.3, 0.4) is 0 Å². The van der Waals surface area contributed by atoms with E-state index in [0.717, 1.165) is 29.9 Å². The molecule has 104 valence electrons. The molecule has 0 fully saturated rings. The first kappa shape index (κ1) is 12.9. The standard InChI is InChI=1S/C15H18N4O/c1-2-7-18-9-6-16-15(18)10-14(20)12-11-17-19-8-4-3-5-13(12)19/h3-6,8-9,11,14,20H,2,7,10H2,1H3. The topological polar surface area (TPSA) is 55.3 Å². The molecule has 1 N–H and O–H groups in total. The molecule has 3 aromatic heterocycles. The van der Waals surface area contributed by atoms with E-state index in [4.69, 9.17) is 0 Å². The summed E-state index contributed by atoms with van der Waals surface area (Å²) in [5.74, 6) is 0.912. The Balaban J connectivity index is 1.85. The van der Waals surface area contributed by atoms with Crippen molar-refractivity contribution in [3.8, 4) is 0 Å². The zero-order chi connectivity index (χ0) is 13.9. The monoisotopic (exact) mass is 270 g/mol. The maximum absolute atomic E-state index is 10.5. The number of aromatic nitrogens is 4. The first-order chi connectivity index (χ1) is 9.79. The van der Waals surface area contributed by atoms with Gasteiger partial charge in [0, 0.05) is 37.1 Å². The quantitative estimate of drug-likeness (QED) is 0.773. The molecule has 5 heteroatoms. The molecule has 0 aliphatic heterocycles. The largest absolute Gasteiger partial charge is 0.388 e. The fourth-order valence-electron chi connectivity index (χ4n) is 2.47. The summed E-state index contributed by atoms with van der Waals surface area (Å²) in [5.41, 5.74) is 1.78. The lowest BCUT2D eigenvalue weighted by molar-refractivity contribution is 0.176. The van der Waals surface area contributed by atoms with Crippen LogP contribution in [0, 0.1) is 0 Å². The van der Waals surface area contributed by atoms with Gasteiger partial charge in [-0.05, 0) is 18.6 Å². The first-order valence-electron chi connectivity index (χ1n) is 6.90. The van der Waals surface area contributed by atoms with Crippen molar-refractivity contribution in [1.82, 2.24) is 19.2 Å². The Hall–Kier alpha value is -2.14. The number of fused-ring (bicyclic) bond motifs is 1. The van der Waals surface area contributed by atoms with Gasteiger partial charge in [-0.2, -0.15) is 5.10 Å². The Morgan fingerprint density at radius 1 is 1.30 bits per heavy atom. The number of aliphatic hydroxyl groups excluding tert-OH is 1. The highest BCUT2D eigenvalue weighted by atomic mass is 16.3. The minimum Gasteiger partial charge on any atom is -0.388 e. The summed E-state index contributed by atoms with van der Waals surface area (Å²) < 4.78 is 3.87. The molecule has 0 radical (unpaired) electrons. The van der Waals surface area contributed by atoms with Crippen LogP contribution in [0.25, 0.3) is 5.52 Å². The fourth-order valence-corrected chi connectivity index (χ4v) is 2.47. The maximum atomic E-state index is 10.5. The molecule has 0 spiro atoms. The summed E-state index contributed by atoms with van der Waals surface area (Å²) in [6.45, 7) is 3.06. The van der Waals surface area contributed by atoms with Gasteiger partial charge in [-0.15, -0.1) is 0 Å². The van der Waals surface area contributed by atoms with Crippen molar-refractivity contribution in [3.63, 3.8) is 0 Å². The van der Waals surface area contributed by atoms with Gasteiger partial charge in [0.2, 0.25) is 0 Å². The number of aliphatic hydroxyl groups is 1. The molecule has 0 saturated carbocycles. The van der Waals surface area contributed by atoms with Crippen LogP contribution >= 0.6 is 0 Å². The number of nitrogens with zero attached hydrogens (tertiary/aromatic N) is 4. The van der Waals surface area contributed by atoms with E-state index >= 15 is 0 Å². The number of aryl methyl sites for hydroxylation is 1. The van der Waals surface area contributed by atoms with Crippen molar-refractivity contribution in [2.75, 3.05) is 0 Å². The van der Waals surface area contributed by atoms with Crippen LogP contribution < -0.4 is 0 Å². The molecule has 20 heavy (non-hydrogen) atoms. The van der Waals surface area contributed by atoms with E-state index in [2.05, 4.69) is 21.6 Å². The average molecular weight is 270 g/mol. The predicted octanol–water partition coefficient (Wildman–Crippen LogP) is 2.22. The molecule has 0 aliphatic rings. The number of imidazole rings is 1. The average Bonchev–Trinajstić information content (AvgIpc) is 3.06. The zero-order valence-corrected chi connectivity index (χ0v) is 11.5. The zero-order valence-electron chi connectivity index (χ0n) is 11.5. The van der Waals surface area contributed by atoms with Crippen LogP contribution in [0.15, 0.2) is 43.0 Å². The highest BCUT2D eigenvalue weighted by Crippen LogP contribution is 2.22. The molecule has 0 bridgehead atoms. The highest BCUT2D eigenvalue weighted by molar-refractivity contribution is 5.54. The minimum absolute atomic E-state index is 0.503. The summed E-state index contributed by atoms with van der Waals surface area (Å²) in [6, 6.07) is 5.83. The summed E-state index contributed by atoms with van der Waals surface area (Å²) in [6.07, 6.45) is 8.32. The van der Waals surface area contributed by atoms with Crippen molar-refractivity contribution in [2.45, 2.75) is 32.4 Å². The van der Waals surface area contributed by atoms with E-state index in [9.17, 15) is 5.11 Å². The summed E-state index contributed by atoms with van der Waals surface area (Å²) in [4.78, 5) is 4.34. The molecule has 0 aromatic carbocycles. The number of hydrogen-bond donors (Lipinski definition) is 1. The van der Waals surface area contributed by atoms with E-state index in [1.165, 1.54) is 0 Å². The van der Waals surface area contributed by atoms with Crippen LogP contribution in [-0.2, 0) is 13.0 Å². The molecule has 3 rings (SSSR count). The Morgan fingerprint density at radius 3 is 3.05 bits per heavy atom. The molecular formula is C15H18N4O. The number of rotatable bonds is 5. The van der Waals surface area contributed by atoms with Gasteiger partial charge in [-0.1, -0.05) is 13.0 Å². The molecule has 0 amide bonds. The van der Waals surface area contributed by atoms with Gasteiger partial charge in [0.1, 0.15) is 5.82 Å². The van der Waals surface area contributed by atoms with Crippen molar-refractivity contribution in [2.24, 2.45) is 0 Å². The van der Waals surface area contributed by atoms with E-state index < -0.39 is 6.10 Å². The Kier molecular flexibility index (Phi) is 3.52. The molecular weight excluding hydrogens is 252 g/mol. The first-order valence-corrected chi connectivity index (χ1v) is 6.90. The lowest BCUT2D eigenvalue weighted by Gasteiger charge is -2.11. The Bertz CT molecular complexity index is 701. The molecule has 3 heterocycles. The van der Waals surface area contributed by atoms with Gasteiger partial charge in [0.05, 0.1) is 17.8 Å². The van der Waals surface area contributed by atoms with Crippen LogP contribution in [0.5, 0.6) is 0 Å². The van der Waals surface area contributed by atoms with Crippen LogP contribution in [-0.4, -0.2) is 24.3 Å². The van der Waals surface area contributed by atoms with E-state index in [1.807, 2.05) is 30.6 Å². The van der Waals surface area contributed by atoms with E-state index in [-0.39, 0.29) is 0 Å². The summed E-state index contributed by atoms with van der Waals surface area (Å²) in [5, 5.41) is 14.7. The van der Waals surface area contributed by atoms with Gasteiger partial charge in [0.25, 0.3) is 0 Å². The number of hydrogen-bond acceptors (Lipinski definition) is 3. The van der Waals surface area contributed by atoms with Crippen LogP contribution in [0.4, 0.5) is 0 Å². The second-order valence-electron chi connectivity index (χ2n) is 4.89. The van der Waals surface area contributed by atoms with E-state index in [0.29, 0.717) is 6.42 Å². The van der Waals surface area contributed by atoms with Gasteiger partial charge in [-0.3, -0.25) is 0 Å². The van der Waals surface area contributed by atoms with Crippen molar-refractivity contribution < 1.29 is 5.11 Å². The van der Waals surface area contributed by atoms with Crippen molar-refractivity contribution in [3.05, 3.63) is 54.4 Å². The lowest BCUT2D eigenvalue weighted by Crippen LogP contribution is -2.08. The number of pyridine rings is 1. The Morgan fingerprint density at radius 2 is 2.20 bits per heavy atom. The molecule has 0 aliphatic carbocycles. The van der Waals surface area contributed by atoms with Gasteiger partial charge >= 0.3 is 0 Å². The molecule has 3 aromatic rings. The molecule has 1 atom stereocenters. The fraction of sp³-hybridized carbons (Fsp3) is 0.333. The highest BCUT2D eigenvalue weighted by Gasteiger charge is 2.16.